The van der Waals surface area contributed by atoms with Crippen molar-refractivity contribution in [2.24, 2.45) is 10.1 Å². The lowest BCUT2D eigenvalue weighted by molar-refractivity contribution is -0.121. The van der Waals surface area contributed by atoms with E-state index in [1.165, 1.54) is 53.9 Å². The number of carbonyl (C=O) groups is 3. The summed E-state index contributed by atoms with van der Waals surface area (Å²) in [5.41, 5.74) is 9.15. The van der Waals surface area contributed by atoms with Crippen LogP contribution in [0.25, 0.3) is 0 Å². The molecule has 2 aliphatic rings. The zero-order chi connectivity index (χ0) is 42.6. The molecule has 3 amide bonds. The molecule has 12 nitrogen and oxygen atoms in total. The van der Waals surface area contributed by atoms with Gasteiger partial charge in [0.1, 0.15) is 17.2 Å². The third kappa shape index (κ3) is 11.8. The molecule has 0 bridgehead atoms. The Hall–Kier alpha value is -4.63. The molecule has 4 heterocycles. The lowest BCUT2D eigenvalue weighted by Gasteiger charge is -2.24. The van der Waals surface area contributed by atoms with Crippen LogP contribution in [0.1, 0.15) is 120 Å². The summed E-state index contributed by atoms with van der Waals surface area (Å²) in [6.45, 7) is 12.4. The standard InChI is InChI=1S/C45H58ClN9O3S2/c1-28-30(3)59-44-40(28)41(33-20-22-34(46)23-21-33)51-37(42-54-53-32(5)55(42)44)27-39(57)48-26-25-47-24-16-12-10-8-6-7-9-11-13-19-38(56)50-36-18-15-14-17-35(36)43(58)52-45-49-29(2)31(4)60-45/h14-15,17-18,20-23,32,37,47,53H,6-13,16,19,24-27H2,1-5H3,(H,48,57)(H,50,56)(H,49,52,58)/t32?,37-/m0/s1. The zero-order valence-electron chi connectivity index (χ0n) is 35.4. The first-order valence-corrected chi connectivity index (χ1v) is 23.2. The summed E-state index contributed by atoms with van der Waals surface area (Å²) in [7, 11) is 0. The fourth-order valence-corrected chi connectivity index (χ4v) is 9.60. The number of thiophene rings is 1. The highest BCUT2D eigenvalue weighted by Gasteiger charge is 2.39. The molecule has 60 heavy (non-hydrogen) atoms. The fraction of sp³-hybridized carbons (Fsp3) is 0.467. The van der Waals surface area contributed by atoms with Crippen molar-refractivity contribution in [1.29, 1.82) is 0 Å². The molecule has 0 saturated carbocycles. The number of hydrazone groups is 1. The van der Waals surface area contributed by atoms with Gasteiger partial charge < -0.3 is 16.0 Å². The van der Waals surface area contributed by atoms with Gasteiger partial charge in [0.25, 0.3) is 5.91 Å². The number of rotatable bonds is 21. The second kappa shape index (κ2) is 21.8. The molecule has 2 atom stereocenters. The topological polar surface area (TPSA) is 152 Å². The number of unbranched alkanes of at least 4 members (excludes halogenated alkanes) is 8. The molecule has 2 aromatic carbocycles. The molecular weight excluding hydrogens is 814 g/mol. The van der Waals surface area contributed by atoms with Crippen LogP contribution in [0.5, 0.6) is 0 Å². The maximum Gasteiger partial charge on any atom is 0.259 e. The van der Waals surface area contributed by atoms with Crippen LogP contribution in [0.2, 0.25) is 5.02 Å². The van der Waals surface area contributed by atoms with E-state index < -0.39 is 6.04 Å². The van der Waals surface area contributed by atoms with Crippen molar-refractivity contribution in [3.63, 3.8) is 0 Å². The van der Waals surface area contributed by atoms with Gasteiger partial charge in [-0.25, -0.2) is 4.98 Å². The van der Waals surface area contributed by atoms with Crippen molar-refractivity contribution in [1.82, 2.24) is 21.0 Å². The largest absolute Gasteiger partial charge is 0.355 e. The van der Waals surface area contributed by atoms with Crippen LogP contribution in [-0.2, 0) is 9.59 Å². The number of benzene rings is 2. The predicted molar refractivity (Wildman–Crippen MR) is 248 cm³/mol. The quantitative estimate of drug-likeness (QED) is 0.0524. The number of anilines is 3. The van der Waals surface area contributed by atoms with Gasteiger partial charge in [-0.1, -0.05) is 80.8 Å². The smallest absolute Gasteiger partial charge is 0.259 e. The van der Waals surface area contributed by atoms with Gasteiger partial charge in [-0.15, -0.1) is 22.7 Å². The van der Waals surface area contributed by atoms with E-state index in [2.05, 4.69) is 62.4 Å². The van der Waals surface area contributed by atoms with Crippen molar-refractivity contribution in [3.8, 4) is 0 Å². The van der Waals surface area contributed by atoms with Crippen LogP contribution >= 0.6 is 34.3 Å². The van der Waals surface area contributed by atoms with E-state index in [9.17, 15) is 14.4 Å². The molecule has 0 radical (unpaired) electrons. The van der Waals surface area contributed by atoms with E-state index in [4.69, 9.17) is 16.6 Å². The van der Waals surface area contributed by atoms with Crippen LogP contribution < -0.4 is 31.6 Å². The highest BCUT2D eigenvalue weighted by atomic mass is 35.5. The third-order valence-electron chi connectivity index (χ3n) is 11.0. The van der Waals surface area contributed by atoms with Gasteiger partial charge in [0.2, 0.25) is 11.8 Å². The molecule has 0 fully saturated rings. The van der Waals surface area contributed by atoms with E-state index >= 15 is 0 Å². The SMILES string of the molecule is Cc1nc(NC(=O)c2ccccc2NC(=O)CCCCCCCCCCCNCCNC(=O)C[C@@H]2N=C(c3ccc(Cl)cc3)c3c(sc(C)c3C)N3C2=NNC3C)sc1C. The molecule has 0 spiro atoms. The molecule has 0 aliphatic carbocycles. The lowest BCUT2D eigenvalue weighted by Crippen LogP contribution is -2.43. The summed E-state index contributed by atoms with van der Waals surface area (Å²) in [5, 5.41) is 19.3. The van der Waals surface area contributed by atoms with E-state index in [1.807, 2.05) is 44.2 Å². The monoisotopic (exact) mass is 871 g/mol. The third-order valence-corrected chi connectivity index (χ3v) is 13.4. The number of aromatic nitrogens is 1. The molecule has 5 N–H and O–H groups in total. The Morgan fingerprint density at radius 3 is 2.22 bits per heavy atom. The number of hydrogen-bond donors (Lipinski definition) is 5. The van der Waals surface area contributed by atoms with E-state index in [1.54, 1.807) is 29.5 Å². The summed E-state index contributed by atoms with van der Waals surface area (Å²) in [6.07, 6.45) is 10.6. The highest BCUT2D eigenvalue weighted by Crippen LogP contribution is 2.41. The predicted octanol–water partition coefficient (Wildman–Crippen LogP) is 9.27. The Morgan fingerprint density at radius 1 is 0.800 bits per heavy atom. The summed E-state index contributed by atoms with van der Waals surface area (Å²) in [5.74, 6) is 0.354. The number of para-hydroxylation sites is 1. The van der Waals surface area contributed by atoms with Crippen molar-refractivity contribution in [3.05, 3.63) is 91.3 Å². The molecule has 2 aliphatic heterocycles. The van der Waals surface area contributed by atoms with Gasteiger partial charge in [-0.05, 0) is 83.8 Å². The van der Waals surface area contributed by atoms with Crippen LogP contribution in [0.4, 0.5) is 15.8 Å². The zero-order valence-corrected chi connectivity index (χ0v) is 37.8. The van der Waals surface area contributed by atoms with Gasteiger partial charge in [0.05, 0.1) is 29.1 Å². The van der Waals surface area contributed by atoms with E-state index in [0.717, 1.165) is 70.5 Å². The number of hydrogen-bond acceptors (Lipinski definition) is 11. The van der Waals surface area contributed by atoms with Gasteiger partial charge in [0, 0.05) is 45.4 Å². The number of carbonyl (C=O) groups excluding carboxylic acids is 3. The summed E-state index contributed by atoms with van der Waals surface area (Å²) < 4.78 is 0. The Bertz CT molecular complexity index is 2160. The number of amides is 3. The minimum Gasteiger partial charge on any atom is -0.355 e. The van der Waals surface area contributed by atoms with Crippen molar-refractivity contribution in [2.45, 2.75) is 117 Å². The number of nitrogens with one attached hydrogen (secondary N) is 5. The second-order valence-electron chi connectivity index (χ2n) is 15.6. The number of fused-ring (bicyclic) bond motifs is 3. The Balaban J connectivity index is 0.814. The van der Waals surface area contributed by atoms with Gasteiger partial charge in [-0.2, -0.15) is 5.10 Å². The average Bonchev–Trinajstić information content (AvgIpc) is 3.83. The van der Waals surface area contributed by atoms with E-state index in [0.29, 0.717) is 40.9 Å². The Morgan fingerprint density at radius 2 is 1.50 bits per heavy atom. The van der Waals surface area contributed by atoms with Crippen LogP contribution in [0.15, 0.2) is 58.6 Å². The number of aliphatic imine (C=N–C) groups is 1. The van der Waals surface area contributed by atoms with Crippen molar-refractivity contribution < 1.29 is 14.4 Å². The maximum absolute atomic E-state index is 13.3. The molecule has 6 rings (SSSR count). The molecular formula is C45H58ClN9O3S2. The average molecular weight is 873 g/mol. The van der Waals surface area contributed by atoms with Crippen LogP contribution in [0, 0.1) is 27.7 Å². The first-order chi connectivity index (χ1) is 29.0. The lowest BCUT2D eigenvalue weighted by atomic mass is 9.99. The second-order valence-corrected chi connectivity index (χ2v) is 18.4. The van der Waals surface area contributed by atoms with Crippen LogP contribution in [0.3, 0.4) is 0 Å². The number of halogens is 1. The minimum atomic E-state index is -0.438. The van der Waals surface area contributed by atoms with Gasteiger partial charge >= 0.3 is 0 Å². The summed E-state index contributed by atoms with van der Waals surface area (Å²) in [4.78, 5) is 53.0. The summed E-state index contributed by atoms with van der Waals surface area (Å²) in [6, 6.07) is 14.4. The summed E-state index contributed by atoms with van der Waals surface area (Å²) >= 11 is 9.42. The van der Waals surface area contributed by atoms with Crippen LogP contribution in [-0.4, -0.2) is 66.1 Å². The van der Waals surface area contributed by atoms with Crippen molar-refractivity contribution in [2.75, 3.05) is 35.2 Å². The first-order valence-electron chi connectivity index (χ1n) is 21.2. The minimum absolute atomic E-state index is 0.0494. The van der Waals surface area contributed by atoms with Crippen molar-refractivity contribution >= 4 is 79.4 Å². The number of thiazole rings is 1. The molecule has 320 valence electrons. The number of aryl methyl sites for hydroxylation is 3. The maximum atomic E-state index is 13.3. The molecule has 2 aromatic heterocycles. The number of nitrogens with zero attached hydrogens (tertiary/aromatic N) is 4. The highest BCUT2D eigenvalue weighted by molar-refractivity contribution is 7.17. The van der Waals surface area contributed by atoms with Gasteiger partial charge in [0.15, 0.2) is 11.0 Å². The normalized spacial score (nSPS) is 15.7. The molecule has 15 heteroatoms. The molecule has 4 aromatic rings. The molecule has 0 saturated heterocycles. The Kier molecular flexibility index (Phi) is 16.3. The van der Waals surface area contributed by atoms with E-state index in [-0.39, 0.29) is 30.3 Å². The van der Waals surface area contributed by atoms with Gasteiger partial charge in [-0.3, -0.25) is 35.0 Å². The molecule has 1 unspecified atom stereocenters. The first kappa shape index (κ1) is 44.9. The Labute approximate surface area is 367 Å². The number of amidine groups is 1. The fourth-order valence-electron chi connectivity index (χ4n) is 7.41.